The Morgan fingerprint density at radius 1 is 1.50 bits per heavy atom. The molecule has 0 spiro atoms. The maximum absolute atomic E-state index is 11.1. The molecule has 4 nitrogen and oxygen atoms in total. The Labute approximate surface area is 117 Å². The fourth-order valence-electron chi connectivity index (χ4n) is 1.53. The second kappa shape index (κ2) is 5.97. The lowest BCUT2D eigenvalue weighted by atomic mass is 10.2. The average molecular weight is 327 g/mol. The summed E-state index contributed by atoms with van der Waals surface area (Å²) < 4.78 is 0.851. The first-order valence-electron chi connectivity index (χ1n) is 5.32. The molecule has 0 unspecified atom stereocenters. The Kier molecular flexibility index (Phi) is 4.33. The number of hydrogen-bond acceptors (Lipinski definition) is 4. The van der Waals surface area contributed by atoms with E-state index in [2.05, 4.69) is 26.2 Å². The third-order valence-corrected chi connectivity index (χ3v) is 3.68. The van der Waals surface area contributed by atoms with Crippen molar-refractivity contribution in [1.82, 2.24) is 4.98 Å². The second-order valence-corrected chi connectivity index (χ2v) is 5.49. The van der Waals surface area contributed by atoms with Gasteiger partial charge in [-0.25, -0.2) is 9.78 Å². The number of rotatable bonds is 5. The maximum atomic E-state index is 11.1. The molecule has 2 rings (SSSR count). The first-order chi connectivity index (χ1) is 8.66. The number of anilines is 1. The Morgan fingerprint density at radius 2 is 2.33 bits per heavy atom. The lowest BCUT2D eigenvalue weighted by Gasteiger charge is -2.09. The standard InChI is InChI=1S/C12H11BrN2O2S/c13-8-1-2-9(12(16)17)10(7-8)14-4-3-11-15-5-6-18-11/h1-2,5-7,14H,3-4H2,(H,16,17). The van der Waals surface area contributed by atoms with Gasteiger partial charge >= 0.3 is 5.97 Å². The minimum atomic E-state index is -0.931. The van der Waals surface area contributed by atoms with Gasteiger partial charge < -0.3 is 10.4 Å². The molecule has 0 amide bonds. The summed E-state index contributed by atoms with van der Waals surface area (Å²) in [5.74, 6) is -0.931. The van der Waals surface area contributed by atoms with Gasteiger partial charge in [-0.2, -0.15) is 0 Å². The SMILES string of the molecule is O=C(O)c1ccc(Br)cc1NCCc1nccs1. The van der Waals surface area contributed by atoms with Gasteiger partial charge in [0.2, 0.25) is 0 Å². The minimum absolute atomic E-state index is 0.275. The molecule has 6 heteroatoms. The number of benzene rings is 1. The number of carbonyl (C=O) groups is 1. The predicted molar refractivity (Wildman–Crippen MR) is 75.4 cm³/mol. The quantitative estimate of drug-likeness (QED) is 0.885. The van der Waals surface area contributed by atoms with Crippen LogP contribution in [0.5, 0.6) is 0 Å². The zero-order valence-corrected chi connectivity index (χ0v) is 11.8. The van der Waals surface area contributed by atoms with Crippen LogP contribution in [0.15, 0.2) is 34.2 Å². The van der Waals surface area contributed by atoms with Crippen LogP contribution in [0.3, 0.4) is 0 Å². The highest BCUT2D eigenvalue weighted by atomic mass is 79.9. The van der Waals surface area contributed by atoms with Crippen LogP contribution in [0.2, 0.25) is 0 Å². The van der Waals surface area contributed by atoms with Crippen molar-refractivity contribution in [2.45, 2.75) is 6.42 Å². The van der Waals surface area contributed by atoms with Crippen molar-refractivity contribution in [2.75, 3.05) is 11.9 Å². The summed E-state index contributed by atoms with van der Waals surface area (Å²) in [6.45, 7) is 0.657. The number of thiazole rings is 1. The van der Waals surface area contributed by atoms with E-state index in [1.54, 1.807) is 35.7 Å². The fourth-order valence-corrected chi connectivity index (χ4v) is 2.51. The van der Waals surface area contributed by atoms with Crippen molar-refractivity contribution in [3.8, 4) is 0 Å². The highest BCUT2D eigenvalue weighted by Crippen LogP contribution is 2.21. The van der Waals surface area contributed by atoms with Crippen LogP contribution in [0.25, 0.3) is 0 Å². The lowest BCUT2D eigenvalue weighted by Crippen LogP contribution is -2.09. The van der Waals surface area contributed by atoms with E-state index in [4.69, 9.17) is 5.11 Å². The summed E-state index contributed by atoms with van der Waals surface area (Å²) in [6, 6.07) is 5.07. The van der Waals surface area contributed by atoms with E-state index < -0.39 is 5.97 Å². The number of carboxylic acid groups (broad SMARTS) is 1. The fraction of sp³-hybridized carbons (Fsp3) is 0.167. The Balaban J connectivity index is 2.03. The number of carboxylic acids is 1. The summed E-state index contributed by atoms with van der Waals surface area (Å²) in [4.78, 5) is 15.2. The Bertz CT molecular complexity index is 543. The molecule has 18 heavy (non-hydrogen) atoms. The molecule has 0 fully saturated rings. The molecule has 1 heterocycles. The van der Waals surface area contributed by atoms with Crippen molar-refractivity contribution >= 4 is 38.9 Å². The molecule has 1 aromatic heterocycles. The van der Waals surface area contributed by atoms with Crippen LogP contribution >= 0.6 is 27.3 Å². The van der Waals surface area contributed by atoms with E-state index in [0.29, 0.717) is 12.2 Å². The monoisotopic (exact) mass is 326 g/mol. The summed E-state index contributed by atoms with van der Waals surface area (Å²) in [7, 11) is 0. The van der Waals surface area contributed by atoms with Crippen LogP contribution in [-0.4, -0.2) is 22.6 Å². The summed E-state index contributed by atoms with van der Waals surface area (Å²) in [5, 5.41) is 15.2. The number of nitrogens with one attached hydrogen (secondary N) is 1. The van der Waals surface area contributed by atoms with Crippen molar-refractivity contribution in [2.24, 2.45) is 0 Å². The van der Waals surface area contributed by atoms with Gasteiger partial charge in [0, 0.05) is 34.7 Å². The number of nitrogens with zero attached hydrogens (tertiary/aromatic N) is 1. The predicted octanol–water partition coefficient (Wildman–Crippen LogP) is 3.26. The molecule has 2 N–H and O–H groups in total. The minimum Gasteiger partial charge on any atom is -0.478 e. The Hall–Kier alpha value is -1.40. The normalized spacial score (nSPS) is 10.3. The molecule has 2 aromatic rings. The largest absolute Gasteiger partial charge is 0.478 e. The average Bonchev–Trinajstić information content (AvgIpc) is 2.82. The van der Waals surface area contributed by atoms with Crippen molar-refractivity contribution in [1.29, 1.82) is 0 Å². The van der Waals surface area contributed by atoms with Crippen molar-refractivity contribution in [3.63, 3.8) is 0 Å². The van der Waals surface area contributed by atoms with Crippen LogP contribution in [0.4, 0.5) is 5.69 Å². The maximum Gasteiger partial charge on any atom is 0.337 e. The van der Waals surface area contributed by atoms with Gasteiger partial charge in [0.05, 0.1) is 10.6 Å². The summed E-state index contributed by atoms with van der Waals surface area (Å²) >= 11 is 4.93. The molecule has 1 aromatic carbocycles. The first-order valence-corrected chi connectivity index (χ1v) is 6.99. The van der Waals surface area contributed by atoms with Crippen molar-refractivity contribution < 1.29 is 9.90 Å². The Morgan fingerprint density at radius 3 is 3.00 bits per heavy atom. The molecule has 0 radical (unpaired) electrons. The molecule has 0 aliphatic rings. The van der Waals surface area contributed by atoms with Gasteiger partial charge in [0.15, 0.2) is 0 Å². The smallest absolute Gasteiger partial charge is 0.337 e. The zero-order chi connectivity index (χ0) is 13.0. The number of hydrogen-bond donors (Lipinski definition) is 2. The lowest BCUT2D eigenvalue weighted by molar-refractivity contribution is 0.0698. The molecular weight excluding hydrogens is 316 g/mol. The topological polar surface area (TPSA) is 62.2 Å². The molecule has 0 aliphatic carbocycles. The van der Waals surface area contributed by atoms with Crippen LogP contribution in [0.1, 0.15) is 15.4 Å². The van der Waals surface area contributed by atoms with Gasteiger partial charge in [-0.1, -0.05) is 15.9 Å². The van der Waals surface area contributed by atoms with E-state index >= 15 is 0 Å². The van der Waals surface area contributed by atoms with Crippen LogP contribution in [0, 0.1) is 0 Å². The van der Waals surface area contributed by atoms with Gasteiger partial charge in [0.1, 0.15) is 0 Å². The van der Waals surface area contributed by atoms with E-state index in [-0.39, 0.29) is 5.56 Å². The molecular formula is C12H11BrN2O2S. The van der Waals surface area contributed by atoms with Crippen LogP contribution < -0.4 is 5.32 Å². The van der Waals surface area contributed by atoms with E-state index in [0.717, 1.165) is 15.9 Å². The molecule has 0 saturated heterocycles. The van der Waals surface area contributed by atoms with Gasteiger partial charge in [-0.3, -0.25) is 0 Å². The highest BCUT2D eigenvalue weighted by Gasteiger charge is 2.09. The summed E-state index contributed by atoms with van der Waals surface area (Å²) in [6.07, 6.45) is 2.55. The molecule has 0 bridgehead atoms. The molecule has 0 aliphatic heterocycles. The molecule has 0 saturated carbocycles. The van der Waals surface area contributed by atoms with Crippen LogP contribution in [-0.2, 0) is 6.42 Å². The third kappa shape index (κ3) is 3.30. The van der Waals surface area contributed by atoms with Crippen molar-refractivity contribution in [3.05, 3.63) is 44.8 Å². The number of aromatic nitrogens is 1. The van der Waals surface area contributed by atoms with E-state index in [1.807, 2.05) is 5.38 Å². The zero-order valence-electron chi connectivity index (χ0n) is 9.39. The molecule has 0 atom stereocenters. The highest BCUT2D eigenvalue weighted by molar-refractivity contribution is 9.10. The van der Waals surface area contributed by atoms with Gasteiger partial charge in [-0.15, -0.1) is 11.3 Å². The third-order valence-electron chi connectivity index (χ3n) is 2.35. The number of halogens is 1. The van der Waals surface area contributed by atoms with E-state index in [1.165, 1.54) is 0 Å². The summed E-state index contributed by atoms with van der Waals surface area (Å²) in [5.41, 5.74) is 0.894. The van der Waals surface area contributed by atoms with Gasteiger partial charge in [0.25, 0.3) is 0 Å². The number of aromatic carboxylic acids is 1. The second-order valence-electron chi connectivity index (χ2n) is 3.60. The van der Waals surface area contributed by atoms with E-state index in [9.17, 15) is 4.79 Å². The van der Waals surface area contributed by atoms with Gasteiger partial charge in [-0.05, 0) is 18.2 Å². The molecule has 94 valence electrons. The first kappa shape index (κ1) is 13.0.